The van der Waals surface area contributed by atoms with E-state index in [1.807, 2.05) is 17.4 Å². The average molecular weight is 330 g/mol. The van der Waals surface area contributed by atoms with Crippen LogP contribution in [0, 0.1) is 0 Å². The lowest BCUT2D eigenvalue weighted by atomic mass is 10.0. The Morgan fingerprint density at radius 1 is 1.30 bits per heavy atom. The van der Waals surface area contributed by atoms with Crippen LogP contribution < -0.4 is 5.32 Å². The van der Waals surface area contributed by atoms with Gasteiger partial charge in [0.2, 0.25) is 0 Å². The number of nitrogens with zero attached hydrogens (tertiary/aromatic N) is 1. The molecule has 0 unspecified atom stereocenters. The number of aromatic nitrogens is 1. The number of benzene rings is 1. The Bertz CT molecular complexity index is 658. The summed E-state index contributed by atoms with van der Waals surface area (Å²) in [5, 5.41) is 13.6. The highest BCUT2D eigenvalue weighted by Gasteiger charge is 2.14. The lowest BCUT2D eigenvalue weighted by molar-refractivity contribution is 0.0696. The van der Waals surface area contributed by atoms with Crippen molar-refractivity contribution in [3.05, 3.63) is 51.0 Å². The topological polar surface area (TPSA) is 62.2 Å². The number of hydrogen-bond donors (Lipinski definition) is 2. The maximum absolute atomic E-state index is 10.9. The van der Waals surface area contributed by atoms with Gasteiger partial charge in [-0.15, -0.1) is 11.3 Å². The first-order valence-electron chi connectivity index (χ1n) is 8.23. The van der Waals surface area contributed by atoms with Crippen LogP contribution in [0.1, 0.15) is 50.8 Å². The molecule has 0 saturated carbocycles. The van der Waals surface area contributed by atoms with Crippen LogP contribution in [-0.4, -0.2) is 22.6 Å². The Labute approximate surface area is 140 Å². The predicted octanol–water partition coefficient (Wildman–Crippen LogP) is 3.44. The van der Waals surface area contributed by atoms with Crippen LogP contribution in [0.3, 0.4) is 0 Å². The number of aryl methyl sites for hydroxylation is 3. The SMILES string of the molecule is O=C(O)c1cccc(CNCCCc2nc3c(s2)CCCC3)c1. The normalized spacial score (nSPS) is 13.7. The Morgan fingerprint density at radius 3 is 3.00 bits per heavy atom. The number of carboxylic acids is 1. The Hall–Kier alpha value is -1.72. The predicted molar refractivity (Wildman–Crippen MR) is 92.2 cm³/mol. The summed E-state index contributed by atoms with van der Waals surface area (Å²) < 4.78 is 0. The highest BCUT2D eigenvalue weighted by molar-refractivity contribution is 7.11. The van der Waals surface area contributed by atoms with Gasteiger partial charge in [0.25, 0.3) is 0 Å². The molecule has 1 heterocycles. The minimum Gasteiger partial charge on any atom is -0.478 e. The van der Waals surface area contributed by atoms with E-state index in [1.165, 1.54) is 34.8 Å². The van der Waals surface area contributed by atoms with Crippen molar-refractivity contribution in [1.82, 2.24) is 10.3 Å². The van der Waals surface area contributed by atoms with Gasteiger partial charge in [-0.1, -0.05) is 12.1 Å². The number of aromatic carboxylic acids is 1. The Morgan fingerprint density at radius 2 is 2.17 bits per heavy atom. The summed E-state index contributed by atoms with van der Waals surface area (Å²) in [7, 11) is 0. The first-order chi connectivity index (χ1) is 11.2. The van der Waals surface area contributed by atoms with Gasteiger partial charge in [-0.3, -0.25) is 0 Å². The highest BCUT2D eigenvalue weighted by Crippen LogP contribution is 2.27. The minimum atomic E-state index is -0.875. The molecular weight excluding hydrogens is 308 g/mol. The molecule has 2 aromatic rings. The van der Waals surface area contributed by atoms with Crippen LogP contribution >= 0.6 is 11.3 Å². The highest BCUT2D eigenvalue weighted by atomic mass is 32.1. The first-order valence-corrected chi connectivity index (χ1v) is 9.04. The Kier molecular flexibility index (Phi) is 5.41. The van der Waals surface area contributed by atoms with Crippen LogP contribution in [0.4, 0.5) is 0 Å². The third-order valence-electron chi connectivity index (χ3n) is 4.14. The van der Waals surface area contributed by atoms with E-state index in [0.29, 0.717) is 12.1 Å². The second-order valence-electron chi connectivity index (χ2n) is 5.97. The lowest BCUT2D eigenvalue weighted by Crippen LogP contribution is -2.15. The fraction of sp³-hybridized carbons (Fsp3) is 0.444. The Balaban J connectivity index is 1.41. The van der Waals surface area contributed by atoms with Crippen molar-refractivity contribution in [2.24, 2.45) is 0 Å². The summed E-state index contributed by atoms with van der Waals surface area (Å²) in [6, 6.07) is 7.09. The van der Waals surface area contributed by atoms with Crippen molar-refractivity contribution in [3.8, 4) is 0 Å². The van der Waals surface area contributed by atoms with Gasteiger partial charge < -0.3 is 10.4 Å². The van der Waals surface area contributed by atoms with Gasteiger partial charge in [-0.25, -0.2) is 9.78 Å². The number of carboxylic acid groups (broad SMARTS) is 1. The van der Waals surface area contributed by atoms with Crippen LogP contribution in [0.5, 0.6) is 0 Å². The van der Waals surface area contributed by atoms with E-state index in [0.717, 1.165) is 31.4 Å². The van der Waals surface area contributed by atoms with E-state index in [2.05, 4.69) is 5.32 Å². The van der Waals surface area contributed by atoms with Gasteiger partial charge in [0.15, 0.2) is 0 Å². The van der Waals surface area contributed by atoms with Crippen LogP contribution in [0.25, 0.3) is 0 Å². The molecule has 1 aromatic carbocycles. The lowest BCUT2D eigenvalue weighted by Gasteiger charge is -2.06. The monoisotopic (exact) mass is 330 g/mol. The third kappa shape index (κ3) is 4.39. The molecule has 0 spiro atoms. The second-order valence-corrected chi connectivity index (χ2v) is 7.14. The quantitative estimate of drug-likeness (QED) is 0.763. The van der Waals surface area contributed by atoms with E-state index in [9.17, 15) is 4.79 Å². The molecule has 0 saturated heterocycles. The molecule has 0 atom stereocenters. The zero-order valence-corrected chi connectivity index (χ0v) is 14.0. The maximum atomic E-state index is 10.9. The largest absolute Gasteiger partial charge is 0.478 e. The zero-order chi connectivity index (χ0) is 16.1. The molecule has 1 aliphatic rings. The average Bonchev–Trinajstić information content (AvgIpc) is 2.97. The van der Waals surface area contributed by atoms with Gasteiger partial charge in [0.1, 0.15) is 0 Å². The molecule has 1 aromatic heterocycles. The van der Waals surface area contributed by atoms with E-state index in [4.69, 9.17) is 10.1 Å². The van der Waals surface area contributed by atoms with Crippen molar-refractivity contribution in [2.75, 3.05) is 6.54 Å². The summed E-state index contributed by atoms with van der Waals surface area (Å²) in [5.74, 6) is -0.875. The van der Waals surface area contributed by atoms with E-state index < -0.39 is 5.97 Å². The van der Waals surface area contributed by atoms with E-state index in [1.54, 1.807) is 18.2 Å². The minimum absolute atomic E-state index is 0.345. The smallest absolute Gasteiger partial charge is 0.335 e. The van der Waals surface area contributed by atoms with Crippen molar-refractivity contribution in [1.29, 1.82) is 0 Å². The molecule has 23 heavy (non-hydrogen) atoms. The van der Waals surface area contributed by atoms with Crippen molar-refractivity contribution in [3.63, 3.8) is 0 Å². The standard InChI is InChI=1S/C18H22N2O2S/c21-18(22)14-6-3-5-13(11-14)12-19-10-4-9-17-20-15-7-1-2-8-16(15)23-17/h3,5-6,11,19H,1-2,4,7-10,12H2,(H,21,22). The summed E-state index contributed by atoms with van der Waals surface area (Å²) in [5.41, 5.74) is 2.70. The van der Waals surface area contributed by atoms with Crippen molar-refractivity contribution in [2.45, 2.75) is 45.1 Å². The molecule has 122 valence electrons. The molecule has 0 radical (unpaired) electrons. The van der Waals surface area contributed by atoms with E-state index >= 15 is 0 Å². The molecule has 1 aliphatic carbocycles. The fourth-order valence-electron chi connectivity index (χ4n) is 2.92. The summed E-state index contributed by atoms with van der Waals surface area (Å²) in [4.78, 5) is 17.2. The van der Waals surface area contributed by atoms with Gasteiger partial charge >= 0.3 is 5.97 Å². The number of carbonyl (C=O) groups is 1. The maximum Gasteiger partial charge on any atom is 0.335 e. The van der Waals surface area contributed by atoms with E-state index in [-0.39, 0.29) is 0 Å². The third-order valence-corrected chi connectivity index (χ3v) is 5.35. The molecule has 3 rings (SSSR count). The number of fused-ring (bicyclic) bond motifs is 1. The molecule has 0 amide bonds. The van der Waals surface area contributed by atoms with Crippen molar-refractivity contribution >= 4 is 17.3 Å². The number of rotatable bonds is 7. The van der Waals surface area contributed by atoms with Gasteiger partial charge in [0.05, 0.1) is 16.3 Å². The summed E-state index contributed by atoms with van der Waals surface area (Å²) in [6.45, 7) is 1.62. The van der Waals surface area contributed by atoms with Gasteiger partial charge in [-0.2, -0.15) is 0 Å². The van der Waals surface area contributed by atoms with Gasteiger partial charge in [-0.05, 0) is 56.3 Å². The molecule has 0 bridgehead atoms. The summed E-state index contributed by atoms with van der Waals surface area (Å²) in [6.07, 6.45) is 7.05. The summed E-state index contributed by atoms with van der Waals surface area (Å²) >= 11 is 1.89. The molecule has 0 fully saturated rings. The zero-order valence-electron chi connectivity index (χ0n) is 13.2. The van der Waals surface area contributed by atoms with Crippen LogP contribution in [0.2, 0.25) is 0 Å². The molecule has 5 heteroatoms. The number of thiazole rings is 1. The molecule has 4 nitrogen and oxygen atoms in total. The van der Waals surface area contributed by atoms with Crippen molar-refractivity contribution < 1.29 is 9.90 Å². The first kappa shape index (κ1) is 16.1. The fourth-order valence-corrected chi connectivity index (χ4v) is 4.12. The van der Waals surface area contributed by atoms with Crippen LogP contribution in [-0.2, 0) is 25.8 Å². The van der Waals surface area contributed by atoms with Gasteiger partial charge in [0, 0.05) is 17.8 Å². The molecule has 2 N–H and O–H groups in total. The second kappa shape index (κ2) is 7.70. The molecule has 0 aliphatic heterocycles. The number of hydrogen-bond acceptors (Lipinski definition) is 4. The number of nitrogens with one attached hydrogen (secondary N) is 1. The van der Waals surface area contributed by atoms with Crippen LogP contribution in [0.15, 0.2) is 24.3 Å². The molecular formula is C18H22N2O2S.